The number of pyridine rings is 1. The summed E-state index contributed by atoms with van der Waals surface area (Å²) in [6.45, 7) is 2.62. The van der Waals surface area contributed by atoms with Gasteiger partial charge < -0.3 is 15.4 Å². The van der Waals surface area contributed by atoms with Crippen molar-refractivity contribution < 1.29 is 4.74 Å². The van der Waals surface area contributed by atoms with E-state index in [-0.39, 0.29) is 11.6 Å². The molecule has 6 rings (SSSR count). The molecule has 1 atom stereocenters. The second kappa shape index (κ2) is 7.70. The van der Waals surface area contributed by atoms with Crippen LogP contribution in [0, 0.1) is 18.4 Å². The Labute approximate surface area is 196 Å². The predicted molar refractivity (Wildman–Crippen MR) is 127 cm³/mol. The number of ether oxygens (including phenoxy) is 1. The largest absolute Gasteiger partial charge is 0.439 e. The van der Waals surface area contributed by atoms with Crippen molar-refractivity contribution in [2.75, 3.05) is 12.3 Å². The van der Waals surface area contributed by atoms with E-state index in [0.29, 0.717) is 29.6 Å². The minimum atomic E-state index is 0.0478. The van der Waals surface area contributed by atoms with E-state index >= 15 is 0 Å². The molecule has 0 bridgehead atoms. The second-order valence-electron chi connectivity index (χ2n) is 9.18. The van der Waals surface area contributed by atoms with Crippen molar-refractivity contribution in [3.05, 3.63) is 54.5 Å². The number of anilines is 1. The third-order valence-electron chi connectivity index (χ3n) is 6.96. The number of rotatable bonds is 4. The predicted octanol–water partition coefficient (Wildman–Crippen LogP) is 4.22. The van der Waals surface area contributed by atoms with Crippen LogP contribution in [0.1, 0.15) is 37.3 Å². The van der Waals surface area contributed by atoms with Crippen LogP contribution in [0.3, 0.4) is 0 Å². The van der Waals surface area contributed by atoms with Crippen molar-refractivity contribution in [1.82, 2.24) is 29.6 Å². The first-order chi connectivity index (χ1) is 16.6. The minimum absolute atomic E-state index is 0.0478. The van der Waals surface area contributed by atoms with Crippen LogP contribution in [-0.4, -0.2) is 41.7 Å². The van der Waals surface area contributed by atoms with Gasteiger partial charge in [0.15, 0.2) is 11.8 Å². The lowest BCUT2D eigenvalue weighted by Crippen LogP contribution is -2.43. The van der Waals surface area contributed by atoms with Gasteiger partial charge in [-0.2, -0.15) is 10.4 Å². The molecular formula is C25H24N8O. The van der Waals surface area contributed by atoms with Crippen LogP contribution in [-0.2, 0) is 0 Å². The molecule has 9 nitrogen and oxygen atoms in total. The molecule has 4 aromatic rings. The number of piperidine rings is 1. The molecule has 2 aliphatic rings. The molecule has 1 aliphatic heterocycles. The van der Waals surface area contributed by atoms with Crippen molar-refractivity contribution in [3.8, 4) is 29.1 Å². The van der Waals surface area contributed by atoms with Gasteiger partial charge in [0.1, 0.15) is 23.6 Å². The molecule has 1 aromatic carbocycles. The molecule has 3 aromatic heterocycles. The maximum Gasteiger partial charge on any atom is 0.219 e. The zero-order valence-electron chi connectivity index (χ0n) is 18.8. The van der Waals surface area contributed by atoms with Crippen molar-refractivity contribution in [1.29, 1.82) is 5.26 Å². The number of hydrogen-bond donors (Lipinski definition) is 1. The molecule has 2 fully saturated rings. The lowest BCUT2D eigenvalue weighted by molar-refractivity contribution is 0.151. The molecule has 1 saturated heterocycles. The molecule has 1 saturated carbocycles. The van der Waals surface area contributed by atoms with Gasteiger partial charge in [0, 0.05) is 17.8 Å². The molecule has 2 N–H and O–H groups in total. The smallest absolute Gasteiger partial charge is 0.219 e. The molecule has 1 spiro atoms. The molecule has 0 radical (unpaired) electrons. The highest BCUT2D eigenvalue weighted by Crippen LogP contribution is 2.50. The van der Waals surface area contributed by atoms with E-state index in [1.165, 1.54) is 6.33 Å². The first-order valence-electron chi connectivity index (χ1n) is 11.4. The van der Waals surface area contributed by atoms with Crippen molar-refractivity contribution in [2.45, 2.75) is 44.2 Å². The summed E-state index contributed by atoms with van der Waals surface area (Å²) in [7, 11) is 0. The highest BCUT2D eigenvalue weighted by atomic mass is 16.5. The van der Waals surface area contributed by atoms with Crippen molar-refractivity contribution in [2.24, 2.45) is 0 Å². The standard InChI is InChI=1S/C25H24N8O/c1-16-2-7-20(28-12-16)34-19-5-3-17(4-6-19)22-21-23(27)29-15-30-24(21)33(31-22)18-8-9-25(10-11-25)32(13-18)14-26/h2-7,12,15,18H,8-11,13H2,1H3,(H2,27,29,30)/t18-/m0/s1. The number of nitrogen functional groups attached to an aromatic ring is 1. The monoisotopic (exact) mass is 452 g/mol. The van der Waals surface area contributed by atoms with Gasteiger partial charge in [-0.1, -0.05) is 6.07 Å². The number of nitriles is 1. The Hall–Kier alpha value is -4.19. The van der Waals surface area contributed by atoms with Crippen LogP contribution in [0.2, 0.25) is 0 Å². The zero-order valence-corrected chi connectivity index (χ0v) is 18.8. The summed E-state index contributed by atoms with van der Waals surface area (Å²) in [4.78, 5) is 15.0. The topological polar surface area (TPSA) is 119 Å². The highest BCUT2D eigenvalue weighted by molar-refractivity contribution is 5.98. The zero-order chi connectivity index (χ0) is 23.3. The van der Waals surface area contributed by atoms with E-state index in [1.807, 2.05) is 52.9 Å². The number of benzene rings is 1. The maximum absolute atomic E-state index is 9.70. The number of nitrogens with zero attached hydrogens (tertiary/aromatic N) is 7. The van der Waals surface area contributed by atoms with Crippen LogP contribution in [0.15, 0.2) is 48.9 Å². The second-order valence-corrected chi connectivity index (χ2v) is 9.18. The first kappa shape index (κ1) is 20.4. The van der Waals surface area contributed by atoms with Gasteiger partial charge in [-0.25, -0.2) is 19.6 Å². The Balaban J connectivity index is 1.34. The average Bonchev–Trinajstić information content (AvgIpc) is 3.52. The molecule has 9 heteroatoms. The lowest BCUT2D eigenvalue weighted by atomic mass is 9.97. The van der Waals surface area contributed by atoms with Crippen LogP contribution in [0.4, 0.5) is 5.82 Å². The van der Waals surface area contributed by atoms with Gasteiger partial charge in [0.25, 0.3) is 0 Å². The number of likely N-dealkylation sites (tertiary alicyclic amines) is 1. The van der Waals surface area contributed by atoms with E-state index in [4.69, 9.17) is 15.6 Å². The Morgan fingerprint density at radius 3 is 2.62 bits per heavy atom. The fourth-order valence-electron chi connectivity index (χ4n) is 4.84. The number of aromatic nitrogens is 5. The molecule has 0 unspecified atom stereocenters. The molecule has 4 heterocycles. The Kier molecular flexibility index (Phi) is 4.62. The van der Waals surface area contributed by atoms with Gasteiger partial charge in [-0.05, 0) is 62.4 Å². The lowest BCUT2D eigenvalue weighted by Gasteiger charge is -2.36. The number of hydrogen-bond acceptors (Lipinski definition) is 8. The quantitative estimate of drug-likeness (QED) is 0.457. The summed E-state index contributed by atoms with van der Waals surface area (Å²) in [5.74, 6) is 1.61. The van der Waals surface area contributed by atoms with Gasteiger partial charge in [-0.3, -0.25) is 0 Å². The third-order valence-corrected chi connectivity index (χ3v) is 6.96. The average molecular weight is 453 g/mol. The molecule has 170 valence electrons. The number of fused-ring (bicyclic) bond motifs is 1. The Morgan fingerprint density at radius 2 is 1.91 bits per heavy atom. The summed E-state index contributed by atoms with van der Waals surface area (Å²) in [6.07, 6.45) is 9.78. The van der Waals surface area contributed by atoms with Crippen molar-refractivity contribution in [3.63, 3.8) is 0 Å². The van der Waals surface area contributed by atoms with E-state index in [9.17, 15) is 5.26 Å². The van der Waals surface area contributed by atoms with Gasteiger partial charge in [0.05, 0.1) is 23.5 Å². The summed E-state index contributed by atoms with van der Waals surface area (Å²) < 4.78 is 7.80. The molecule has 34 heavy (non-hydrogen) atoms. The Bertz CT molecular complexity index is 1400. The minimum Gasteiger partial charge on any atom is -0.439 e. The van der Waals surface area contributed by atoms with E-state index in [0.717, 1.165) is 47.9 Å². The van der Waals surface area contributed by atoms with Gasteiger partial charge >= 0.3 is 0 Å². The molecule has 1 aliphatic carbocycles. The summed E-state index contributed by atoms with van der Waals surface area (Å²) in [5.41, 5.74) is 9.75. The summed E-state index contributed by atoms with van der Waals surface area (Å²) in [6, 6.07) is 11.5. The SMILES string of the molecule is Cc1ccc(Oc2ccc(-c3nn([C@H]4CCC5(CC5)N(C#N)C4)c4ncnc(N)c34)cc2)nc1. The Morgan fingerprint density at radius 1 is 1.09 bits per heavy atom. The number of nitrogens with two attached hydrogens (primary N) is 1. The van der Waals surface area contributed by atoms with Gasteiger partial charge in [0.2, 0.25) is 5.88 Å². The first-order valence-corrected chi connectivity index (χ1v) is 11.4. The van der Waals surface area contributed by atoms with Crippen LogP contribution >= 0.6 is 0 Å². The third kappa shape index (κ3) is 3.39. The number of aryl methyl sites for hydroxylation is 1. The normalized spacial score (nSPS) is 18.7. The fourth-order valence-corrected chi connectivity index (χ4v) is 4.84. The molecular weight excluding hydrogens is 428 g/mol. The van der Waals surface area contributed by atoms with E-state index in [1.54, 1.807) is 6.20 Å². The molecule has 0 amide bonds. The van der Waals surface area contributed by atoms with Crippen LogP contribution in [0.5, 0.6) is 11.6 Å². The maximum atomic E-state index is 9.70. The van der Waals surface area contributed by atoms with Crippen molar-refractivity contribution >= 4 is 16.9 Å². The van der Waals surface area contributed by atoms with Crippen LogP contribution in [0.25, 0.3) is 22.3 Å². The fraction of sp³-hybridized carbons (Fsp3) is 0.320. The highest BCUT2D eigenvalue weighted by Gasteiger charge is 2.51. The van der Waals surface area contributed by atoms with Gasteiger partial charge in [-0.15, -0.1) is 0 Å². The van der Waals surface area contributed by atoms with Crippen LogP contribution < -0.4 is 10.5 Å². The van der Waals surface area contributed by atoms with E-state index in [2.05, 4.69) is 21.1 Å². The van der Waals surface area contributed by atoms with E-state index < -0.39 is 0 Å². The summed E-state index contributed by atoms with van der Waals surface area (Å²) >= 11 is 0. The summed E-state index contributed by atoms with van der Waals surface area (Å²) in [5, 5.41) is 15.4.